The van der Waals surface area contributed by atoms with E-state index in [2.05, 4.69) is 16.8 Å². The zero-order chi connectivity index (χ0) is 11.7. The number of carbonyl (C=O) groups is 1. The molecule has 0 aliphatic rings. The molecular weight excluding hydrogens is 208 g/mol. The number of benzene rings is 1. The number of aliphatic carboxylic acids is 1. The van der Waals surface area contributed by atoms with E-state index in [1.54, 1.807) is 24.3 Å². The first-order chi connectivity index (χ1) is 7.61. The Labute approximate surface area is 90.0 Å². The van der Waals surface area contributed by atoms with Gasteiger partial charge >= 0.3 is 5.97 Å². The third-order valence-electron chi connectivity index (χ3n) is 2.24. The Hall–Kier alpha value is -2.43. The number of carboxylic acid groups (broad SMARTS) is 1. The average molecular weight is 216 g/mol. The molecule has 0 radical (unpaired) electrons. The minimum absolute atomic E-state index is 0.146. The zero-order valence-corrected chi connectivity index (χ0v) is 8.23. The smallest absolute Gasteiger partial charge is 0.337 e. The number of nitrogens with one attached hydrogen (secondary N) is 1. The molecule has 1 aromatic heterocycles. The Bertz CT molecular complexity index is 643. The van der Waals surface area contributed by atoms with E-state index in [-0.39, 0.29) is 16.8 Å². The second kappa shape index (κ2) is 3.62. The van der Waals surface area contributed by atoms with Gasteiger partial charge < -0.3 is 5.11 Å². The van der Waals surface area contributed by atoms with Gasteiger partial charge in [0.15, 0.2) is 0 Å². The molecule has 0 spiro atoms. The Morgan fingerprint density at radius 1 is 1.31 bits per heavy atom. The third-order valence-corrected chi connectivity index (χ3v) is 2.24. The van der Waals surface area contributed by atoms with Gasteiger partial charge in [-0.15, -0.1) is 0 Å². The number of nitrogens with zero attached hydrogens (tertiary/aromatic N) is 1. The summed E-state index contributed by atoms with van der Waals surface area (Å²) < 4.78 is 0. The van der Waals surface area contributed by atoms with Crippen LogP contribution in [0.25, 0.3) is 16.3 Å². The molecule has 0 saturated carbocycles. The van der Waals surface area contributed by atoms with Crippen LogP contribution in [0.15, 0.2) is 35.6 Å². The monoisotopic (exact) mass is 216 g/mol. The second-order valence-electron chi connectivity index (χ2n) is 3.23. The van der Waals surface area contributed by atoms with E-state index >= 15 is 0 Å². The lowest BCUT2D eigenvalue weighted by Gasteiger charge is -2.03. The highest BCUT2D eigenvalue weighted by molar-refractivity contribution is 6.17. The molecule has 5 heteroatoms. The van der Waals surface area contributed by atoms with Gasteiger partial charge in [0.1, 0.15) is 5.69 Å². The van der Waals surface area contributed by atoms with Gasteiger partial charge in [-0.25, -0.2) is 9.89 Å². The summed E-state index contributed by atoms with van der Waals surface area (Å²) in [6.07, 6.45) is 0. The number of hydrogen-bond donors (Lipinski definition) is 2. The lowest BCUT2D eigenvalue weighted by molar-refractivity contribution is -0.130. The van der Waals surface area contributed by atoms with Gasteiger partial charge in [0.25, 0.3) is 5.56 Å². The van der Waals surface area contributed by atoms with Crippen molar-refractivity contribution >= 4 is 22.3 Å². The second-order valence-corrected chi connectivity index (χ2v) is 3.23. The first-order valence-electron chi connectivity index (χ1n) is 4.51. The maximum Gasteiger partial charge on any atom is 0.337 e. The minimum Gasteiger partial charge on any atom is -0.478 e. The SMILES string of the molecule is C=C(C(=O)O)c1n[nH]c(=O)c2ccccc12. The normalized spacial score (nSPS) is 10.2. The number of rotatable bonds is 2. The number of aromatic amines is 1. The summed E-state index contributed by atoms with van der Waals surface area (Å²) in [6.45, 7) is 3.42. The predicted octanol–water partition coefficient (Wildman–Crippen LogP) is 1.02. The predicted molar refractivity (Wildman–Crippen MR) is 59.0 cm³/mol. The fourth-order valence-corrected chi connectivity index (χ4v) is 1.45. The van der Waals surface area contributed by atoms with Crippen molar-refractivity contribution in [2.45, 2.75) is 0 Å². The molecule has 0 atom stereocenters. The summed E-state index contributed by atoms with van der Waals surface area (Å²) in [7, 11) is 0. The summed E-state index contributed by atoms with van der Waals surface area (Å²) in [5.41, 5.74) is -0.312. The van der Waals surface area contributed by atoms with Gasteiger partial charge in [-0.05, 0) is 6.07 Å². The number of H-pyrrole nitrogens is 1. The maximum atomic E-state index is 11.4. The van der Waals surface area contributed by atoms with Gasteiger partial charge in [-0.1, -0.05) is 24.8 Å². The van der Waals surface area contributed by atoms with Crippen LogP contribution in [0, 0.1) is 0 Å². The minimum atomic E-state index is -1.16. The highest BCUT2D eigenvalue weighted by Crippen LogP contribution is 2.18. The Morgan fingerprint density at radius 2 is 1.94 bits per heavy atom. The fourth-order valence-electron chi connectivity index (χ4n) is 1.45. The standard InChI is InChI=1S/C11H8N2O3/c1-6(11(15)16)9-7-4-2-3-5-8(7)10(14)13-12-9/h2-5H,1H2,(H,13,14)(H,15,16). The lowest BCUT2D eigenvalue weighted by atomic mass is 10.1. The number of aromatic nitrogens is 2. The van der Waals surface area contributed by atoms with Gasteiger partial charge in [0.05, 0.1) is 11.0 Å². The van der Waals surface area contributed by atoms with E-state index in [0.29, 0.717) is 10.8 Å². The maximum absolute atomic E-state index is 11.4. The highest BCUT2D eigenvalue weighted by atomic mass is 16.4. The summed E-state index contributed by atoms with van der Waals surface area (Å²) in [6, 6.07) is 6.66. The summed E-state index contributed by atoms with van der Waals surface area (Å²) in [4.78, 5) is 22.2. The fraction of sp³-hybridized carbons (Fsp3) is 0. The third kappa shape index (κ3) is 1.48. The van der Waals surface area contributed by atoms with Crippen molar-refractivity contribution in [1.29, 1.82) is 0 Å². The van der Waals surface area contributed by atoms with Crippen LogP contribution in [0.2, 0.25) is 0 Å². The van der Waals surface area contributed by atoms with E-state index < -0.39 is 5.97 Å². The van der Waals surface area contributed by atoms with Crippen LogP contribution >= 0.6 is 0 Å². The molecule has 16 heavy (non-hydrogen) atoms. The van der Waals surface area contributed by atoms with Crippen LogP contribution in [0.1, 0.15) is 5.69 Å². The topological polar surface area (TPSA) is 83.0 Å². The van der Waals surface area contributed by atoms with Crippen molar-refractivity contribution in [2.24, 2.45) is 0 Å². The number of fused-ring (bicyclic) bond motifs is 1. The molecule has 0 bridgehead atoms. The number of hydrogen-bond acceptors (Lipinski definition) is 3. The summed E-state index contributed by atoms with van der Waals surface area (Å²) >= 11 is 0. The number of carboxylic acids is 1. The Morgan fingerprint density at radius 3 is 2.56 bits per heavy atom. The van der Waals surface area contributed by atoms with E-state index in [0.717, 1.165) is 0 Å². The molecule has 0 aliphatic heterocycles. The lowest BCUT2D eigenvalue weighted by Crippen LogP contribution is -2.12. The van der Waals surface area contributed by atoms with Crippen LogP contribution in [0.3, 0.4) is 0 Å². The van der Waals surface area contributed by atoms with Crippen molar-refractivity contribution < 1.29 is 9.90 Å². The van der Waals surface area contributed by atoms with Crippen molar-refractivity contribution in [3.63, 3.8) is 0 Å². The van der Waals surface area contributed by atoms with E-state index in [1.807, 2.05) is 0 Å². The van der Waals surface area contributed by atoms with E-state index in [1.165, 1.54) is 0 Å². The van der Waals surface area contributed by atoms with Crippen LogP contribution in [-0.4, -0.2) is 21.3 Å². The summed E-state index contributed by atoms with van der Waals surface area (Å²) in [5.74, 6) is -1.16. The molecule has 1 aromatic carbocycles. The van der Waals surface area contributed by atoms with Gasteiger partial charge in [0.2, 0.25) is 0 Å². The van der Waals surface area contributed by atoms with E-state index in [4.69, 9.17) is 5.11 Å². The van der Waals surface area contributed by atoms with Crippen LogP contribution < -0.4 is 5.56 Å². The molecule has 2 N–H and O–H groups in total. The molecule has 0 unspecified atom stereocenters. The van der Waals surface area contributed by atoms with Crippen molar-refractivity contribution in [3.05, 3.63) is 46.9 Å². The first kappa shape index (κ1) is 10.1. The largest absolute Gasteiger partial charge is 0.478 e. The summed E-state index contributed by atoms with van der Waals surface area (Å²) in [5, 5.41) is 15.7. The van der Waals surface area contributed by atoms with Crippen LogP contribution in [-0.2, 0) is 4.79 Å². The molecule has 1 heterocycles. The highest BCUT2D eigenvalue weighted by Gasteiger charge is 2.13. The van der Waals surface area contributed by atoms with Crippen molar-refractivity contribution in [1.82, 2.24) is 10.2 Å². The van der Waals surface area contributed by atoms with Gasteiger partial charge in [-0.3, -0.25) is 4.79 Å². The van der Waals surface area contributed by atoms with Gasteiger partial charge in [0, 0.05) is 5.39 Å². The van der Waals surface area contributed by atoms with Crippen molar-refractivity contribution in [3.8, 4) is 0 Å². The van der Waals surface area contributed by atoms with Crippen LogP contribution in [0.4, 0.5) is 0 Å². The Kier molecular flexibility index (Phi) is 2.28. The van der Waals surface area contributed by atoms with Crippen LogP contribution in [0.5, 0.6) is 0 Å². The molecule has 0 aliphatic carbocycles. The van der Waals surface area contributed by atoms with E-state index in [9.17, 15) is 9.59 Å². The molecule has 2 rings (SSSR count). The zero-order valence-electron chi connectivity index (χ0n) is 8.23. The molecular formula is C11H8N2O3. The molecule has 2 aromatic rings. The molecule has 0 amide bonds. The molecule has 5 nitrogen and oxygen atoms in total. The van der Waals surface area contributed by atoms with Gasteiger partial charge in [-0.2, -0.15) is 5.10 Å². The molecule has 0 saturated heterocycles. The van der Waals surface area contributed by atoms with Crippen molar-refractivity contribution in [2.75, 3.05) is 0 Å². The molecule has 0 fully saturated rings. The molecule has 80 valence electrons. The Balaban J connectivity index is 2.82. The first-order valence-corrected chi connectivity index (χ1v) is 4.51. The quantitative estimate of drug-likeness (QED) is 0.734. The average Bonchev–Trinajstić information content (AvgIpc) is 2.29.